The Kier molecular flexibility index (Phi) is 11.0. The highest BCUT2D eigenvalue weighted by Gasteiger charge is 2.00. The Hall–Kier alpha value is -1.05. The summed E-state index contributed by atoms with van der Waals surface area (Å²) in [5.74, 6) is 2.14. The second kappa shape index (κ2) is 11.6. The van der Waals surface area contributed by atoms with Gasteiger partial charge in [-0.25, -0.2) is 9.98 Å². The minimum Gasteiger partial charge on any atom is -0.481 e. The Bertz CT molecular complexity index is 424. The molecule has 0 atom stereocenters. The van der Waals surface area contributed by atoms with Crippen LogP contribution >= 0.6 is 24.0 Å². The number of ether oxygens (including phenoxy) is 1. The fourth-order valence-corrected chi connectivity index (χ4v) is 1.64. The topological polar surface area (TPSA) is 58.5 Å². The van der Waals surface area contributed by atoms with Gasteiger partial charge in [0.15, 0.2) is 5.96 Å². The van der Waals surface area contributed by atoms with Crippen LogP contribution in [0.4, 0.5) is 0 Å². The summed E-state index contributed by atoms with van der Waals surface area (Å²) in [5.41, 5.74) is 0.894. The lowest BCUT2D eigenvalue weighted by Gasteiger charge is -2.12. The van der Waals surface area contributed by atoms with Crippen molar-refractivity contribution in [2.24, 2.45) is 10.9 Å². The van der Waals surface area contributed by atoms with E-state index in [1.54, 1.807) is 7.11 Å². The molecule has 0 saturated heterocycles. The molecular formula is C15H27IN4O. The molecule has 1 heterocycles. The van der Waals surface area contributed by atoms with Crippen molar-refractivity contribution in [3.8, 4) is 5.88 Å². The molecule has 120 valence electrons. The molecule has 2 N–H and O–H groups in total. The summed E-state index contributed by atoms with van der Waals surface area (Å²) in [7, 11) is 1.62. The number of aromatic nitrogens is 1. The van der Waals surface area contributed by atoms with Crippen molar-refractivity contribution in [3.05, 3.63) is 23.9 Å². The average molecular weight is 406 g/mol. The number of rotatable bonds is 7. The van der Waals surface area contributed by atoms with E-state index in [0.29, 0.717) is 18.3 Å². The van der Waals surface area contributed by atoms with Crippen molar-refractivity contribution in [3.63, 3.8) is 0 Å². The zero-order chi connectivity index (χ0) is 14.8. The fraction of sp³-hybridized carbons (Fsp3) is 0.600. The average Bonchev–Trinajstić information content (AvgIpc) is 2.44. The Morgan fingerprint density at radius 1 is 1.33 bits per heavy atom. The first-order valence-electron chi connectivity index (χ1n) is 7.17. The van der Waals surface area contributed by atoms with Crippen LogP contribution in [0.5, 0.6) is 5.88 Å². The molecule has 0 spiro atoms. The van der Waals surface area contributed by atoms with E-state index in [1.807, 2.05) is 18.2 Å². The molecule has 5 nitrogen and oxygen atoms in total. The van der Waals surface area contributed by atoms with Crippen LogP contribution < -0.4 is 15.4 Å². The van der Waals surface area contributed by atoms with Gasteiger partial charge in [0.2, 0.25) is 5.88 Å². The molecule has 0 bridgehead atoms. The maximum absolute atomic E-state index is 5.11. The number of nitrogens with one attached hydrogen (secondary N) is 2. The quantitative estimate of drug-likeness (QED) is 0.416. The van der Waals surface area contributed by atoms with Crippen molar-refractivity contribution in [1.82, 2.24) is 15.6 Å². The highest BCUT2D eigenvalue weighted by molar-refractivity contribution is 14.0. The highest BCUT2D eigenvalue weighted by atomic mass is 127. The van der Waals surface area contributed by atoms with E-state index in [0.717, 1.165) is 31.2 Å². The molecule has 21 heavy (non-hydrogen) atoms. The van der Waals surface area contributed by atoms with Gasteiger partial charge < -0.3 is 15.4 Å². The molecule has 0 unspecified atom stereocenters. The van der Waals surface area contributed by atoms with Crippen LogP contribution in [0.3, 0.4) is 0 Å². The van der Waals surface area contributed by atoms with Gasteiger partial charge in [0, 0.05) is 19.2 Å². The molecule has 1 aromatic rings. The maximum Gasteiger partial charge on any atom is 0.213 e. The van der Waals surface area contributed by atoms with Crippen molar-refractivity contribution in [2.75, 3.05) is 20.2 Å². The lowest BCUT2D eigenvalue weighted by molar-refractivity contribution is 0.396. The van der Waals surface area contributed by atoms with E-state index in [1.165, 1.54) is 0 Å². The summed E-state index contributed by atoms with van der Waals surface area (Å²) in [5, 5.41) is 6.57. The van der Waals surface area contributed by atoms with Crippen LogP contribution in [-0.2, 0) is 6.54 Å². The van der Waals surface area contributed by atoms with E-state index < -0.39 is 0 Å². The third-order valence-corrected chi connectivity index (χ3v) is 2.75. The lowest BCUT2D eigenvalue weighted by atomic mass is 10.1. The van der Waals surface area contributed by atoms with E-state index in [4.69, 9.17) is 4.74 Å². The summed E-state index contributed by atoms with van der Waals surface area (Å²) in [4.78, 5) is 8.88. The van der Waals surface area contributed by atoms with Crippen molar-refractivity contribution >= 4 is 29.9 Å². The van der Waals surface area contributed by atoms with Crippen molar-refractivity contribution in [1.29, 1.82) is 0 Å². The highest BCUT2D eigenvalue weighted by Crippen LogP contribution is 2.07. The van der Waals surface area contributed by atoms with Gasteiger partial charge in [-0.3, -0.25) is 0 Å². The van der Waals surface area contributed by atoms with Gasteiger partial charge in [-0.1, -0.05) is 19.9 Å². The van der Waals surface area contributed by atoms with Gasteiger partial charge in [-0.2, -0.15) is 0 Å². The number of aliphatic imine (C=N–C) groups is 1. The van der Waals surface area contributed by atoms with Crippen LogP contribution in [-0.4, -0.2) is 31.1 Å². The van der Waals surface area contributed by atoms with E-state index in [-0.39, 0.29) is 24.0 Å². The zero-order valence-corrected chi connectivity index (χ0v) is 15.7. The standard InChI is InChI=1S/C15H26N4O.HI/c1-5-16-15(17-10-9-12(2)3)18-11-13-7-6-8-14(19-13)20-4;/h6-8,12H,5,9-11H2,1-4H3,(H2,16,17,18);1H. The lowest BCUT2D eigenvalue weighted by Crippen LogP contribution is -2.38. The Labute approximate surface area is 145 Å². The fourth-order valence-electron chi connectivity index (χ4n) is 1.64. The van der Waals surface area contributed by atoms with Crippen LogP contribution in [0.25, 0.3) is 0 Å². The molecule has 0 aliphatic heterocycles. The minimum absolute atomic E-state index is 0. The molecule has 0 aromatic carbocycles. The van der Waals surface area contributed by atoms with Gasteiger partial charge in [0.25, 0.3) is 0 Å². The first-order valence-corrected chi connectivity index (χ1v) is 7.17. The first-order chi connectivity index (χ1) is 9.65. The normalized spacial score (nSPS) is 11.0. The van der Waals surface area contributed by atoms with Gasteiger partial charge in [0.05, 0.1) is 19.3 Å². The molecule has 0 radical (unpaired) electrons. The third kappa shape index (κ3) is 8.75. The summed E-state index contributed by atoms with van der Waals surface area (Å²) in [6.45, 7) is 8.80. The maximum atomic E-state index is 5.11. The first kappa shape index (κ1) is 19.9. The van der Waals surface area contributed by atoms with Crippen LogP contribution in [0.15, 0.2) is 23.2 Å². The second-order valence-corrected chi connectivity index (χ2v) is 4.98. The summed E-state index contributed by atoms with van der Waals surface area (Å²) < 4.78 is 5.11. The second-order valence-electron chi connectivity index (χ2n) is 4.98. The number of hydrogen-bond donors (Lipinski definition) is 2. The molecule has 1 aromatic heterocycles. The predicted octanol–water partition coefficient (Wildman–Crippen LogP) is 2.81. The van der Waals surface area contributed by atoms with Crippen molar-refractivity contribution in [2.45, 2.75) is 33.7 Å². The smallest absolute Gasteiger partial charge is 0.213 e. The Morgan fingerprint density at radius 2 is 2.10 bits per heavy atom. The van der Waals surface area contributed by atoms with Gasteiger partial charge in [0.1, 0.15) is 0 Å². The number of pyridine rings is 1. The molecular weight excluding hydrogens is 379 g/mol. The van der Waals surface area contributed by atoms with Gasteiger partial charge in [-0.05, 0) is 25.3 Å². The number of guanidine groups is 1. The monoisotopic (exact) mass is 406 g/mol. The number of nitrogens with zero attached hydrogens (tertiary/aromatic N) is 2. The molecule has 0 aliphatic rings. The molecule has 1 rings (SSSR count). The summed E-state index contributed by atoms with van der Waals surface area (Å²) >= 11 is 0. The molecule has 0 fully saturated rings. The molecule has 0 saturated carbocycles. The SMILES string of the molecule is CCNC(=NCc1cccc(OC)n1)NCCC(C)C.I. The van der Waals surface area contributed by atoms with E-state index >= 15 is 0 Å². The number of hydrogen-bond acceptors (Lipinski definition) is 3. The van der Waals surface area contributed by atoms with Crippen molar-refractivity contribution < 1.29 is 4.74 Å². The number of halogens is 1. The van der Waals surface area contributed by atoms with Gasteiger partial charge >= 0.3 is 0 Å². The van der Waals surface area contributed by atoms with E-state index in [2.05, 4.69) is 41.4 Å². The predicted molar refractivity (Wildman–Crippen MR) is 98.5 cm³/mol. The van der Waals surface area contributed by atoms with Crippen LogP contribution in [0.2, 0.25) is 0 Å². The summed E-state index contributed by atoms with van der Waals surface area (Å²) in [6.07, 6.45) is 1.13. The Balaban J connectivity index is 0.00000400. The van der Waals surface area contributed by atoms with Crippen LogP contribution in [0.1, 0.15) is 32.9 Å². The van der Waals surface area contributed by atoms with E-state index in [9.17, 15) is 0 Å². The Morgan fingerprint density at radius 3 is 2.71 bits per heavy atom. The van der Waals surface area contributed by atoms with Crippen LogP contribution in [0, 0.1) is 5.92 Å². The van der Waals surface area contributed by atoms with Gasteiger partial charge in [-0.15, -0.1) is 24.0 Å². The zero-order valence-electron chi connectivity index (χ0n) is 13.3. The summed E-state index contributed by atoms with van der Waals surface area (Å²) in [6, 6.07) is 5.71. The number of methoxy groups -OCH3 is 1. The molecule has 6 heteroatoms. The third-order valence-electron chi connectivity index (χ3n) is 2.75. The molecule has 0 aliphatic carbocycles. The molecule has 0 amide bonds. The largest absolute Gasteiger partial charge is 0.481 e. The minimum atomic E-state index is 0.